The van der Waals surface area contributed by atoms with Crippen molar-refractivity contribution < 1.29 is 27.1 Å². The number of aryl methyl sites for hydroxylation is 1. The Labute approximate surface area is 174 Å². The summed E-state index contributed by atoms with van der Waals surface area (Å²) in [5.74, 6) is 1.16. The fourth-order valence-corrected chi connectivity index (χ4v) is 2.87. The maximum Gasteiger partial charge on any atom is 0.422 e. The number of rotatable bonds is 7. The standard InChI is InChI=1S/C19H17F3N6O3/c1-10-2-5-13(31-10)8-23-16-26-17(28-18(27-16)30-9-19(20,21)22)24-12-4-3-11-6-15(29)25-14(11)7-12/h2-5,7H,6,8-9H2,1H3,(H,25,29)(H2,23,24,26,27,28). The van der Waals surface area contributed by atoms with E-state index in [1.54, 1.807) is 37.3 Å². The van der Waals surface area contributed by atoms with Crippen LogP contribution >= 0.6 is 0 Å². The highest BCUT2D eigenvalue weighted by Crippen LogP contribution is 2.28. The first-order valence-corrected chi connectivity index (χ1v) is 9.18. The maximum absolute atomic E-state index is 12.5. The highest BCUT2D eigenvalue weighted by Gasteiger charge is 2.29. The zero-order chi connectivity index (χ0) is 22.0. The van der Waals surface area contributed by atoms with Crippen molar-refractivity contribution in [3.8, 4) is 6.01 Å². The number of halogens is 3. The molecule has 1 aromatic carbocycles. The average molecular weight is 434 g/mol. The summed E-state index contributed by atoms with van der Waals surface area (Å²) < 4.78 is 47.8. The molecule has 1 aliphatic rings. The second-order valence-corrected chi connectivity index (χ2v) is 6.76. The largest absolute Gasteiger partial charge is 0.465 e. The summed E-state index contributed by atoms with van der Waals surface area (Å²) >= 11 is 0. The highest BCUT2D eigenvalue weighted by atomic mass is 19.4. The SMILES string of the molecule is Cc1ccc(CNc2nc(Nc3ccc4c(c3)NC(=O)C4)nc(OCC(F)(F)F)n2)o1. The molecule has 0 bridgehead atoms. The van der Waals surface area contributed by atoms with Crippen LogP contribution in [0.3, 0.4) is 0 Å². The Bertz CT molecular complexity index is 1120. The van der Waals surface area contributed by atoms with Crippen LogP contribution in [0.15, 0.2) is 34.7 Å². The van der Waals surface area contributed by atoms with E-state index in [-0.39, 0.29) is 30.8 Å². The average Bonchev–Trinajstić information content (AvgIpc) is 3.28. The van der Waals surface area contributed by atoms with Gasteiger partial charge in [-0.25, -0.2) is 0 Å². The van der Waals surface area contributed by atoms with Crippen LogP contribution in [0.5, 0.6) is 6.01 Å². The van der Waals surface area contributed by atoms with E-state index in [0.29, 0.717) is 22.9 Å². The first kappa shape index (κ1) is 20.4. The van der Waals surface area contributed by atoms with Crippen molar-refractivity contribution in [1.82, 2.24) is 15.0 Å². The molecule has 1 amide bonds. The van der Waals surface area contributed by atoms with Gasteiger partial charge in [-0.15, -0.1) is 0 Å². The fraction of sp³-hybridized carbons (Fsp3) is 0.263. The van der Waals surface area contributed by atoms with Gasteiger partial charge in [-0.1, -0.05) is 6.07 Å². The third-order valence-electron chi connectivity index (χ3n) is 4.19. The first-order valence-electron chi connectivity index (χ1n) is 9.18. The van der Waals surface area contributed by atoms with Crippen molar-refractivity contribution in [1.29, 1.82) is 0 Å². The second-order valence-electron chi connectivity index (χ2n) is 6.76. The van der Waals surface area contributed by atoms with Gasteiger partial charge in [-0.3, -0.25) is 4.79 Å². The lowest BCUT2D eigenvalue weighted by Gasteiger charge is -2.12. The minimum absolute atomic E-state index is 0.00168. The Morgan fingerprint density at radius 3 is 2.71 bits per heavy atom. The number of fused-ring (bicyclic) bond motifs is 1. The third-order valence-corrected chi connectivity index (χ3v) is 4.19. The van der Waals surface area contributed by atoms with Crippen LogP contribution in [-0.4, -0.2) is 33.6 Å². The Kier molecular flexibility index (Phi) is 5.36. The monoisotopic (exact) mass is 434 g/mol. The molecule has 0 fully saturated rings. The number of amides is 1. The second kappa shape index (κ2) is 8.13. The number of carbonyl (C=O) groups is 1. The predicted molar refractivity (Wildman–Crippen MR) is 104 cm³/mol. The Morgan fingerprint density at radius 2 is 1.97 bits per heavy atom. The third kappa shape index (κ3) is 5.41. The topological polar surface area (TPSA) is 114 Å². The molecular formula is C19H17F3N6O3. The van der Waals surface area contributed by atoms with Gasteiger partial charge < -0.3 is 25.1 Å². The Balaban J connectivity index is 1.54. The summed E-state index contributed by atoms with van der Waals surface area (Å²) in [5.41, 5.74) is 2.02. The maximum atomic E-state index is 12.5. The summed E-state index contributed by atoms with van der Waals surface area (Å²) in [6, 6.07) is 8.18. The van der Waals surface area contributed by atoms with Gasteiger partial charge in [0.2, 0.25) is 17.8 Å². The van der Waals surface area contributed by atoms with E-state index < -0.39 is 18.8 Å². The van der Waals surface area contributed by atoms with Crippen LogP contribution in [0.1, 0.15) is 17.1 Å². The molecule has 162 valence electrons. The molecule has 3 heterocycles. The number of carbonyl (C=O) groups excluding carboxylic acids is 1. The van der Waals surface area contributed by atoms with E-state index in [0.717, 1.165) is 5.56 Å². The molecule has 0 radical (unpaired) electrons. The van der Waals surface area contributed by atoms with Gasteiger partial charge in [0.15, 0.2) is 6.61 Å². The molecule has 2 aromatic heterocycles. The van der Waals surface area contributed by atoms with Crippen molar-refractivity contribution >= 4 is 29.2 Å². The molecule has 0 saturated heterocycles. The van der Waals surface area contributed by atoms with Crippen LogP contribution in [0.2, 0.25) is 0 Å². The van der Waals surface area contributed by atoms with Crippen LogP contribution in [0.25, 0.3) is 0 Å². The molecule has 0 atom stereocenters. The number of nitrogens with zero attached hydrogens (tertiary/aromatic N) is 3. The van der Waals surface area contributed by atoms with E-state index >= 15 is 0 Å². The summed E-state index contributed by atoms with van der Waals surface area (Å²) in [7, 11) is 0. The highest BCUT2D eigenvalue weighted by molar-refractivity contribution is 5.99. The zero-order valence-electron chi connectivity index (χ0n) is 16.2. The van der Waals surface area contributed by atoms with Gasteiger partial charge >= 0.3 is 12.2 Å². The van der Waals surface area contributed by atoms with E-state index in [1.807, 2.05) is 0 Å². The number of aromatic nitrogens is 3. The lowest BCUT2D eigenvalue weighted by molar-refractivity contribution is -0.154. The number of anilines is 4. The van der Waals surface area contributed by atoms with Gasteiger partial charge in [0.1, 0.15) is 11.5 Å². The van der Waals surface area contributed by atoms with Crippen molar-refractivity contribution in [3.63, 3.8) is 0 Å². The number of hydrogen-bond acceptors (Lipinski definition) is 8. The van der Waals surface area contributed by atoms with Crippen LogP contribution in [-0.2, 0) is 17.8 Å². The van der Waals surface area contributed by atoms with Crippen molar-refractivity contribution in [2.45, 2.75) is 26.1 Å². The lowest BCUT2D eigenvalue weighted by Crippen LogP contribution is -2.20. The number of alkyl halides is 3. The van der Waals surface area contributed by atoms with Crippen LogP contribution in [0, 0.1) is 6.92 Å². The number of nitrogens with one attached hydrogen (secondary N) is 3. The van der Waals surface area contributed by atoms with Gasteiger partial charge in [0.05, 0.1) is 13.0 Å². The van der Waals surface area contributed by atoms with E-state index in [1.165, 1.54) is 0 Å². The molecule has 9 nitrogen and oxygen atoms in total. The van der Waals surface area contributed by atoms with Crippen LogP contribution in [0.4, 0.5) is 36.4 Å². The van der Waals surface area contributed by atoms with Crippen molar-refractivity contribution in [3.05, 3.63) is 47.4 Å². The summed E-state index contributed by atoms with van der Waals surface area (Å²) in [4.78, 5) is 23.4. The van der Waals surface area contributed by atoms with Crippen molar-refractivity contribution in [2.24, 2.45) is 0 Å². The van der Waals surface area contributed by atoms with Gasteiger partial charge in [0, 0.05) is 11.4 Å². The summed E-state index contributed by atoms with van der Waals surface area (Å²) in [6.45, 7) is 0.454. The molecule has 0 spiro atoms. The number of furan rings is 1. The number of ether oxygens (including phenoxy) is 1. The molecule has 12 heteroatoms. The van der Waals surface area contributed by atoms with Crippen LogP contribution < -0.4 is 20.7 Å². The smallest absolute Gasteiger partial charge is 0.422 e. The van der Waals surface area contributed by atoms with Gasteiger partial charge in [0.25, 0.3) is 0 Å². The molecule has 3 aromatic rings. The lowest BCUT2D eigenvalue weighted by atomic mass is 10.1. The van der Waals surface area contributed by atoms with Gasteiger partial charge in [-0.2, -0.15) is 28.1 Å². The molecule has 3 N–H and O–H groups in total. The molecule has 4 rings (SSSR count). The Hall–Kier alpha value is -3.83. The minimum Gasteiger partial charge on any atom is -0.465 e. The van der Waals surface area contributed by atoms with Gasteiger partial charge in [-0.05, 0) is 36.8 Å². The van der Waals surface area contributed by atoms with E-state index in [9.17, 15) is 18.0 Å². The minimum atomic E-state index is -4.54. The quantitative estimate of drug-likeness (QED) is 0.517. The van der Waals surface area contributed by atoms with E-state index in [4.69, 9.17) is 4.42 Å². The molecule has 0 unspecified atom stereocenters. The molecule has 31 heavy (non-hydrogen) atoms. The van der Waals surface area contributed by atoms with Crippen molar-refractivity contribution in [2.75, 3.05) is 22.6 Å². The molecule has 0 saturated carbocycles. The van der Waals surface area contributed by atoms with E-state index in [2.05, 4.69) is 35.6 Å². The normalized spacial score (nSPS) is 13.0. The fourth-order valence-electron chi connectivity index (χ4n) is 2.87. The molecule has 1 aliphatic heterocycles. The predicted octanol–water partition coefficient (Wildman–Crippen LogP) is 3.56. The number of benzene rings is 1. The molecule has 0 aliphatic carbocycles. The molecular weight excluding hydrogens is 417 g/mol. The summed E-state index contributed by atoms with van der Waals surface area (Å²) in [5, 5.41) is 8.48. The Morgan fingerprint density at radius 1 is 1.16 bits per heavy atom. The summed E-state index contributed by atoms with van der Waals surface area (Å²) in [6.07, 6.45) is -4.26. The zero-order valence-corrected chi connectivity index (χ0v) is 16.2. The number of hydrogen-bond donors (Lipinski definition) is 3. The first-order chi connectivity index (χ1) is 14.7.